The SMILES string of the molecule is [2H]C([2H])([2H])C([2H])(C([2H])([2H])[2H])[C@]([2H])(N)C(=O)OC1([2H])C([2H])([2H])C2c3cc(OC)c(OC)cc3CCN2C([2H])([2H])C1([2H])CC(C)C.[2H]C([2H])([2H])C([2H])(C([2H])([2H])[2H])[C@]([2H])(N)C(=O)OC1C([2H])([2H])C2([2H])c3cc(OC)c(OC)cc3CCN2C([2H])([2H])C1([2H])CC(C)C.[2H]C([2H])([2H])Oc1cc2c(cc1OC)C1([2H])N(CC2)C([2H])([2H])C([2H])(CC(C)C)C(OC(=O)[C@@]([2H])(N)C([2H])(C([2H])([2H])[2H])C([2H])([2H])[2H])C1([2H])[2H].[2H]C([2H])([2H])Oc1cc2c(cc1OC)C1N(CC2)C([2H])([2H])C([2H])(CC(C)C)C([2H])(OC(=O)[C@@]([2H])(N)C([2H])(C([2H])([2H])[2H])C([2H])([2H])[2H])C1([2H])[2H]. The van der Waals surface area contributed by atoms with E-state index in [2.05, 4.69) is 0 Å². The standard InChI is InChI=1S/4C24H38N2O4/c4*1-14(2)9-17-13-26-8-7-16-10-21(28-5)22(29-6)11-18(16)19(26)12-20(17)30-24(27)23(25)15(3)4/h4*10-11,14-15,17,19-20,23H,7-9,12-13,25H2,1-6H3/t4*17?,19?,20?,23-/m0000/s1/i3D3,4D3,5D3,12D2,13D2,15D,17D,20D,23D;3D3,4D3,5D3,12D2,13D2,15D,17D,19D,23D;3D3,4D3,12D2,13D2,15D,17D,20D,23D;3D3,4D3,12D2,13D2,15D,17D,19D,23D. The molecule has 8 aliphatic heterocycles. The summed E-state index contributed by atoms with van der Waals surface area (Å²) in [6.07, 6.45) is -27.5. The second kappa shape index (κ2) is 43.9. The number of ether oxygens (including phenoxy) is 12. The molecule has 0 spiro atoms. The van der Waals surface area contributed by atoms with Crippen molar-refractivity contribution in [3.63, 3.8) is 0 Å². The van der Waals surface area contributed by atoms with Crippen molar-refractivity contribution in [3.8, 4) is 46.0 Å². The number of hydrogen-bond acceptors (Lipinski definition) is 24. The van der Waals surface area contributed by atoms with Crippen molar-refractivity contribution in [2.75, 3.05) is 109 Å². The van der Waals surface area contributed by atoms with E-state index in [1.165, 1.54) is 78.7 Å². The maximum Gasteiger partial charge on any atom is 0.323 e. The number of piperidine rings is 4. The Morgan fingerprint density at radius 1 is 0.367 bits per heavy atom. The quantitative estimate of drug-likeness (QED) is 0.0303. The van der Waals surface area contributed by atoms with Gasteiger partial charge in [0.05, 0.1) is 75.9 Å². The molecule has 0 radical (unpaired) electrons. The lowest BCUT2D eigenvalue weighted by Gasteiger charge is -2.47. The van der Waals surface area contributed by atoms with Crippen molar-refractivity contribution in [1.29, 1.82) is 0 Å². The Morgan fingerprint density at radius 3 is 0.900 bits per heavy atom. The second-order valence-electron chi connectivity index (χ2n) is 30.1. The average molecular weight is 1740 g/mol. The molecule has 0 aliphatic carbocycles. The molecule has 16 atom stereocenters. The molecule has 4 fully saturated rings. The summed E-state index contributed by atoms with van der Waals surface area (Å²) >= 11 is 0. The van der Waals surface area contributed by atoms with Gasteiger partial charge < -0.3 is 79.8 Å². The molecule has 8 heterocycles. The maximum atomic E-state index is 13.7. The molecule has 12 rings (SSSR count). The van der Waals surface area contributed by atoms with Crippen molar-refractivity contribution >= 4 is 23.9 Å². The lowest BCUT2D eigenvalue weighted by molar-refractivity contribution is -0.161. The highest BCUT2D eigenvalue weighted by molar-refractivity contribution is 5.77. The lowest BCUT2D eigenvalue weighted by atomic mass is 9.79. The fourth-order valence-corrected chi connectivity index (χ4v) is 14.0. The van der Waals surface area contributed by atoms with Gasteiger partial charge in [-0.3, -0.25) is 38.8 Å². The number of rotatable bonds is 28. The number of esters is 4. The number of hydrogen-bond donors (Lipinski definition) is 4. The molecule has 120 heavy (non-hydrogen) atoms. The van der Waals surface area contributed by atoms with Crippen LogP contribution in [0.15, 0.2) is 48.5 Å². The summed E-state index contributed by atoms with van der Waals surface area (Å²) in [5.74, 6) is -39.3. The van der Waals surface area contributed by atoms with Crippen molar-refractivity contribution in [1.82, 2.24) is 19.6 Å². The summed E-state index contributed by atoms with van der Waals surface area (Å²) in [5.41, 5.74) is 23.7. The summed E-state index contributed by atoms with van der Waals surface area (Å²) < 4.78 is 582. The minimum Gasteiger partial charge on any atom is -0.493 e. The van der Waals surface area contributed by atoms with Crippen molar-refractivity contribution in [3.05, 3.63) is 93.0 Å². The Morgan fingerprint density at radius 2 is 0.617 bits per heavy atom. The van der Waals surface area contributed by atoms with Gasteiger partial charge >= 0.3 is 23.9 Å². The third-order valence-electron chi connectivity index (χ3n) is 19.6. The third kappa shape index (κ3) is 23.8. The first-order valence-corrected chi connectivity index (χ1v) is 38.3. The molecule has 8 aliphatic rings. The molecule has 0 bridgehead atoms. The van der Waals surface area contributed by atoms with Crippen LogP contribution in [0.25, 0.3) is 0 Å². The van der Waals surface area contributed by atoms with E-state index in [9.17, 15) is 41.1 Å². The maximum absolute atomic E-state index is 13.7. The number of carbonyl (C=O) groups excluding carboxylic acids is 4. The number of nitrogens with two attached hydrogens (primary N) is 4. The van der Waals surface area contributed by atoms with E-state index < -0.39 is 320 Å². The van der Waals surface area contributed by atoms with Gasteiger partial charge in [0, 0.05) is 191 Å². The van der Waals surface area contributed by atoms with Gasteiger partial charge in [0.25, 0.3) is 0 Å². The van der Waals surface area contributed by atoms with Crippen LogP contribution in [-0.4, -0.2) is 201 Å². The summed E-state index contributed by atoms with van der Waals surface area (Å²) in [6.45, 7) is -31.5. The van der Waals surface area contributed by atoms with Crippen LogP contribution in [0, 0.1) is 70.8 Å². The number of carbonyl (C=O) groups is 4. The van der Waals surface area contributed by atoms with Crippen LogP contribution in [0.1, 0.15) is 315 Å². The zero-order valence-electron chi connectivity index (χ0n) is 131. The van der Waals surface area contributed by atoms with Crippen LogP contribution in [-0.2, 0) is 63.8 Å². The summed E-state index contributed by atoms with van der Waals surface area (Å²) in [4.78, 5) is 58.2. The Hall–Kier alpha value is -7.16. The van der Waals surface area contributed by atoms with E-state index >= 15 is 0 Å². The third-order valence-corrected chi connectivity index (χ3v) is 19.6. The molecular weight excluding hydrogens is 1520 g/mol. The van der Waals surface area contributed by atoms with Gasteiger partial charge in [0.15, 0.2) is 46.0 Å². The summed E-state index contributed by atoms with van der Waals surface area (Å²) in [7, 11) is 1.84. The minimum atomic E-state index is -4.08. The van der Waals surface area contributed by atoms with Gasteiger partial charge in [-0.15, -0.1) is 0 Å². The fraction of sp³-hybridized carbons (Fsp3) is 0.708. The lowest BCUT2D eigenvalue weighted by Crippen LogP contribution is -2.51. The van der Waals surface area contributed by atoms with Crippen molar-refractivity contribution in [2.24, 2.45) is 93.8 Å². The predicted octanol–water partition coefficient (Wildman–Crippen LogP) is 14.3. The van der Waals surface area contributed by atoms with Gasteiger partial charge in [-0.25, -0.2) is 0 Å². The number of nitrogens with zero attached hydrogens (tertiary/aromatic N) is 4. The average Bonchev–Trinajstić information content (AvgIpc) is 0.676. The molecule has 4 saturated heterocycles. The minimum absolute atomic E-state index is 0.0114. The highest BCUT2D eigenvalue weighted by atomic mass is 16.6. The van der Waals surface area contributed by atoms with Crippen molar-refractivity contribution < 1.29 is 161 Å². The Balaban J connectivity index is 0.000000265. The van der Waals surface area contributed by atoms with Crippen LogP contribution >= 0.6 is 0 Å². The summed E-state index contributed by atoms with van der Waals surface area (Å²) in [5, 5.41) is 0. The largest absolute Gasteiger partial charge is 0.493 e. The molecule has 672 valence electrons. The van der Waals surface area contributed by atoms with Crippen LogP contribution in [0.3, 0.4) is 0 Å². The fourth-order valence-electron chi connectivity index (χ4n) is 14.0. The van der Waals surface area contributed by atoms with Crippen LogP contribution < -0.4 is 60.8 Å². The first kappa shape index (κ1) is 42.2. The monoisotopic (exact) mass is 1740 g/mol. The van der Waals surface area contributed by atoms with Gasteiger partial charge in [0.1, 0.15) is 48.4 Å². The second-order valence-corrected chi connectivity index (χ2v) is 30.1. The first-order chi connectivity index (χ1) is 80.8. The number of methoxy groups -OCH3 is 8. The van der Waals surface area contributed by atoms with Gasteiger partial charge in [-0.2, -0.15) is 0 Å². The topological polar surface area (TPSA) is 296 Å². The van der Waals surface area contributed by atoms with E-state index in [4.69, 9.17) is 143 Å². The van der Waals surface area contributed by atoms with E-state index in [0.717, 1.165) is 39.9 Å². The van der Waals surface area contributed by atoms with E-state index in [0.29, 0.717) is 16.9 Å². The van der Waals surface area contributed by atoms with Crippen molar-refractivity contribution in [2.45, 2.75) is 260 Å². The van der Waals surface area contributed by atoms with E-state index in [1.807, 2.05) is 0 Å². The molecule has 24 nitrogen and oxygen atoms in total. The van der Waals surface area contributed by atoms with E-state index in [1.54, 1.807) is 47.6 Å². The molecule has 24 heteroatoms. The molecular formula is C96H152N8O16. The van der Waals surface area contributed by atoms with Gasteiger partial charge in [0.2, 0.25) is 0 Å². The summed E-state index contributed by atoms with van der Waals surface area (Å²) in [6, 6.07) is -14.6. The molecule has 12 unspecified atom stereocenters. The molecule has 4 aromatic carbocycles. The van der Waals surface area contributed by atoms with Crippen LogP contribution in [0.5, 0.6) is 46.0 Å². The Kier molecular flexibility index (Phi) is 15.5. The molecule has 8 N–H and O–H groups in total. The van der Waals surface area contributed by atoms with Gasteiger partial charge in [-0.05, 0) is 192 Å². The number of fused-ring (bicyclic) bond motifs is 12. The molecule has 0 amide bonds. The Bertz CT molecular complexity index is 6850. The Labute approximate surface area is 805 Å². The number of benzene rings is 4. The van der Waals surface area contributed by atoms with Gasteiger partial charge in [-0.1, -0.05) is 110 Å². The molecule has 0 saturated carbocycles. The zero-order chi connectivity index (χ0) is 142. The predicted molar refractivity (Wildman–Crippen MR) is 471 cm³/mol. The van der Waals surface area contributed by atoms with E-state index in [-0.39, 0.29) is 119 Å². The highest BCUT2D eigenvalue weighted by Crippen LogP contribution is 2.50. The first-order valence-electron chi connectivity index (χ1n) is 69.3. The molecule has 4 aromatic rings. The van der Waals surface area contributed by atoms with Crippen LogP contribution in [0.4, 0.5) is 0 Å². The molecule has 0 aromatic heterocycles. The smallest absolute Gasteiger partial charge is 0.323 e. The van der Waals surface area contributed by atoms with Crippen LogP contribution in [0.2, 0.25) is 0 Å². The zero-order valence-corrected chi connectivity index (χ0v) is 69.4. The normalized spacial score (nSPS) is 43.2. The highest BCUT2D eigenvalue weighted by Gasteiger charge is 2.47.